The molecule has 0 saturated carbocycles. The first-order valence-electron chi connectivity index (χ1n) is 8.12. The Bertz CT molecular complexity index is 380. The standard InChI is InChI=1S/C15H29NO4S/c1-2-3-4-5-6-7-12-20-15(17)8-9-16-10-13-21(18,19)14-11-16/h2-14H2,1H3. The number of hydrogen-bond acceptors (Lipinski definition) is 5. The average Bonchev–Trinajstić information content (AvgIpc) is 2.45. The van der Waals surface area contributed by atoms with Crippen LogP contribution in [0.4, 0.5) is 0 Å². The maximum absolute atomic E-state index is 11.6. The van der Waals surface area contributed by atoms with Crippen LogP contribution >= 0.6 is 0 Å². The zero-order chi connectivity index (χ0) is 15.6. The molecular formula is C15H29NO4S. The Balaban J connectivity index is 1.97. The van der Waals surface area contributed by atoms with E-state index in [1.54, 1.807) is 0 Å². The van der Waals surface area contributed by atoms with Crippen molar-refractivity contribution in [2.45, 2.75) is 51.9 Å². The van der Waals surface area contributed by atoms with E-state index in [1.165, 1.54) is 25.7 Å². The molecule has 6 heteroatoms. The fourth-order valence-corrected chi connectivity index (χ4v) is 3.64. The number of rotatable bonds is 10. The highest BCUT2D eigenvalue weighted by Gasteiger charge is 2.21. The smallest absolute Gasteiger partial charge is 0.307 e. The molecule has 5 nitrogen and oxygen atoms in total. The average molecular weight is 319 g/mol. The Morgan fingerprint density at radius 3 is 2.33 bits per heavy atom. The largest absolute Gasteiger partial charge is 0.466 e. The van der Waals surface area contributed by atoms with Gasteiger partial charge < -0.3 is 9.64 Å². The number of hydrogen-bond donors (Lipinski definition) is 0. The van der Waals surface area contributed by atoms with E-state index in [1.807, 2.05) is 4.90 Å². The van der Waals surface area contributed by atoms with Gasteiger partial charge in [0.05, 0.1) is 24.5 Å². The molecule has 1 heterocycles. The Morgan fingerprint density at radius 1 is 1.05 bits per heavy atom. The zero-order valence-corrected chi connectivity index (χ0v) is 14.0. The van der Waals surface area contributed by atoms with Gasteiger partial charge in [0.15, 0.2) is 9.84 Å². The lowest BCUT2D eigenvalue weighted by molar-refractivity contribution is -0.144. The van der Waals surface area contributed by atoms with Gasteiger partial charge in [-0.05, 0) is 6.42 Å². The Labute approximate surface area is 129 Å². The maximum atomic E-state index is 11.6. The summed E-state index contributed by atoms with van der Waals surface area (Å²) < 4.78 is 27.8. The van der Waals surface area contributed by atoms with Crippen molar-refractivity contribution in [1.29, 1.82) is 0 Å². The molecule has 0 amide bonds. The Kier molecular flexibility index (Phi) is 8.92. The summed E-state index contributed by atoms with van der Waals surface area (Å²) in [6, 6.07) is 0. The van der Waals surface area contributed by atoms with E-state index in [0.717, 1.165) is 12.8 Å². The summed E-state index contributed by atoms with van der Waals surface area (Å²) in [7, 11) is -2.84. The van der Waals surface area contributed by atoms with Crippen molar-refractivity contribution in [3.05, 3.63) is 0 Å². The molecule has 124 valence electrons. The van der Waals surface area contributed by atoms with Crippen molar-refractivity contribution < 1.29 is 17.9 Å². The van der Waals surface area contributed by atoms with E-state index in [4.69, 9.17) is 4.74 Å². The predicted octanol–water partition coefficient (Wildman–Crippen LogP) is 2.01. The van der Waals surface area contributed by atoms with Crippen LogP contribution in [-0.4, -0.2) is 57.0 Å². The second-order valence-electron chi connectivity index (χ2n) is 5.73. The van der Waals surface area contributed by atoms with E-state index in [-0.39, 0.29) is 17.5 Å². The molecule has 0 spiro atoms. The first-order valence-corrected chi connectivity index (χ1v) is 9.94. The lowest BCUT2D eigenvalue weighted by Gasteiger charge is -2.25. The van der Waals surface area contributed by atoms with Gasteiger partial charge >= 0.3 is 5.97 Å². The quantitative estimate of drug-likeness (QED) is 0.455. The second-order valence-corrected chi connectivity index (χ2v) is 8.04. The number of esters is 1. The number of sulfone groups is 1. The van der Waals surface area contributed by atoms with Crippen LogP contribution in [-0.2, 0) is 19.4 Å². The molecule has 0 aromatic rings. The maximum Gasteiger partial charge on any atom is 0.307 e. The summed E-state index contributed by atoms with van der Waals surface area (Å²) in [4.78, 5) is 13.6. The lowest BCUT2D eigenvalue weighted by Crippen LogP contribution is -2.41. The van der Waals surface area contributed by atoms with Crippen LogP contribution in [0.5, 0.6) is 0 Å². The van der Waals surface area contributed by atoms with Gasteiger partial charge in [-0.15, -0.1) is 0 Å². The van der Waals surface area contributed by atoms with E-state index in [2.05, 4.69) is 6.92 Å². The molecule has 1 fully saturated rings. The molecule has 21 heavy (non-hydrogen) atoms. The molecule has 0 atom stereocenters. The van der Waals surface area contributed by atoms with E-state index in [9.17, 15) is 13.2 Å². The summed E-state index contributed by atoms with van der Waals surface area (Å²) in [5.41, 5.74) is 0. The number of carbonyl (C=O) groups excluding carboxylic acids is 1. The molecule has 1 aliphatic rings. The van der Waals surface area contributed by atoms with Crippen molar-refractivity contribution in [3.63, 3.8) is 0 Å². The predicted molar refractivity (Wildman–Crippen MR) is 84.0 cm³/mol. The van der Waals surface area contributed by atoms with Crippen molar-refractivity contribution in [1.82, 2.24) is 4.90 Å². The molecule has 1 saturated heterocycles. The van der Waals surface area contributed by atoms with Crippen LogP contribution < -0.4 is 0 Å². The Hall–Kier alpha value is -0.620. The van der Waals surface area contributed by atoms with Gasteiger partial charge in [0.2, 0.25) is 0 Å². The van der Waals surface area contributed by atoms with Crippen molar-refractivity contribution >= 4 is 15.8 Å². The van der Waals surface area contributed by atoms with Gasteiger partial charge in [0, 0.05) is 19.6 Å². The molecule has 1 aliphatic heterocycles. The van der Waals surface area contributed by atoms with Gasteiger partial charge in [0.1, 0.15) is 0 Å². The zero-order valence-electron chi connectivity index (χ0n) is 13.2. The van der Waals surface area contributed by atoms with Gasteiger partial charge in [-0.1, -0.05) is 39.0 Å². The number of nitrogens with zero attached hydrogens (tertiary/aromatic N) is 1. The third kappa shape index (κ3) is 9.09. The third-order valence-corrected chi connectivity index (χ3v) is 5.44. The van der Waals surface area contributed by atoms with Gasteiger partial charge in [0.25, 0.3) is 0 Å². The minimum absolute atomic E-state index is 0.169. The van der Waals surface area contributed by atoms with Crippen molar-refractivity contribution in [2.75, 3.05) is 37.7 Å². The molecule has 0 N–H and O–H groups in total. The molecule has 0 aromatic carbocycles. The van der Waals surface area contributed by atoms with Crippen LogP contribution in [0.3, 0.4) is 0 Å². The van der Waals surface area contributed by atoms with E-state index < -0.39 is 9.84 Å². The number of unbranched alkanes of at least 4 members (excludes halogenated alkanes) is 5. The monoisotopic (exact) mass is 319 g/mol. The van der Waals surface area contributed by atoms with Crippen molar-refractivity contribution in [2.24, 2.45) is 0 Å². The molecule has 0 radical (unpaired) electrons. The lowest BCUT2D eigenvalue weighted by atomic mass is 10.1. The highest BCUT2D eigenvalue weighted by atomic mass is 32.2. The van der Waals surface area contributed by atoms with Crippen LogP contribution in [0.1, 0.15) is 51.9 Å². The molecule has 0 aliphatic carbocycles. The Morgan fingerprint density at radius 2 is 1.67 bits per heavy atom. The fourth-order valence-electron chi connectivity index (χ4n) is 2.36. The van der Waals surface area contributed by atoms with Gasteiger partial charge in [-0.25, -0.2) is 8.42 Å². The second kappa shape index (κ2) is 10.2. The van der Waals surface area contributed by atoms with Crippen LogP contribution in [0, 0.1) is 0 Å². The van der Waals surface area contributed by atoms with Crippen LogP contribution in [0.25, 0.3) is 0 Å². The first kappa shape index (κ1) is 18.4. The van der Waals surface area contributed by atoms with Crippen LogP contribution in [0.2, 0.25) is 0 Å². The molecule has 0 unspecified atom stereocenters. The van der Waals surface area contributed by atoms with E-state index >= 15 is 0 Å². The third-order valence-electron chi connectivity index (χ3n) is 3.83. The minimum Gasteiger partial charge on any atom is -0.466 e. The minimum atomic E-state index is -2.84. The first-order chi connectivity index (χ1) is 10.0. The molecular weight excluding hydrogens is 290 g/mol. The SMILES string of the molecule is CCCCCCCCOC(=O)CCN1CCS(=O)(=O)CC1. The molecule has 0 aromatic heterocycles. The molecule has 1 rings (SSSR count). The van der Waals surface area contributed by atoms with Gasteiger partial charge in [-0.3, -0.25) is 4.79 Å². The summed E-state index contributed by atoms with van der Waals surface area (Å²) in [6.07, 6.45) is 7.43. The van der Waals surface area contributed by atoms with Gasteiger partial charge in [-0.2, -0.15) is 0 Å². The highest BCUT2D eigenvalue weighted by molar-refractivity contribution is 7.91. The highest BCUT2D eigenvalue weighted by Crippen LogP contribution is 2.06. The van der Waals surface area contributed by atoms with E-state index in [0.29, 0.717) is 32.7 Å². The molecule has 0 bridgehead atoms. The van der Waals surface area contributed by atoms with Crippen molar-refractivity contribution in [3.8, 4) is 0 Å². The van der Waals surface area contributed by atoms with Crippen LogP contribution in [0.15, 0.2) is 0 Å². The summed E-state index contributed by atoms with van der Waals surface area (Å²) in [5, 5.41) is 0. The number of carbonyl (C=O) groups is 1. The summed E-state index contributed by atoms with van der Waals surface area (Å²) in [6.45, 7) is 4.38. The topological polar surface area (TPSA) is 63.7 Å². The summed E-state index contributed by atoms with van der Waals surface area (Å²) in [5.74, 6) is 0.247. The normalized spacial score (nSPS) is 18.5. The summed E-state index contributed by atoms with van der Waals surface area (Å²) >= 11 is 0. The number of ether oxygens (including phenoxy) is 1. The fraction of sp³-hybridized carbons (Fsp3) is 0.933.